The third-order valence-corrected chi connectivity index (χ3v) is 4.85. The van der Waals surface area contributed by atoms with Crippen LogP contribution in [0.2, 0.25) is 0 Å². The zero-order valence-electron chi connectivity index (χ0n) is 11.3. The topological polar surface area (TPSA) is 59.8 Å². The van der Waals surface area contributed by atoms with Crippen LogP contribution in [0.4, 0.5) is 0 Å². The largest absolute Gasteiger partial charge is 0.312 e. The van der Waals surface area contributed by atoms with Gasteiger partial charge in [-0.15, -0.1) is 16.4 Å². The SMILES string of the molecule is O=C(Cc1csc2ccccc12)c1cn(C2CNC2)nn1. The molecule has 0 radical (unpaired) electrons. The number of rotatable bonds is 4. The lowest BCUT2D eigenvalue weighted by molar-refractivity contribution is 0.0988. The molecule has 0 unspecified atom stereocenters. The Morgan fingerprint density at radius 2 is 2.24 bits per heavy atom. The maximum absolute atomic E-state index is 12.4. The van der Waals surface area contributed by atoms with Crippen LogP contribution < -0.4 is 5.32 Å². The molecule has 21 heavy (non-hydrogen) atoms. The lowest BCUT2D eigenvalue weighted by atomic mass is 10.1. The van der Waals surface area contributed by atoms with Gasteiger partial charge in [0.25, 0.3) is 0 Å². The molecule has 106 valence electrons. The van der Waals surface area contributed by atoms with Gasteiger partial charge in [0.15, 0.2) is 5.78 Å². The number of nitrogens with one attached hydrogen (secondary N) is 1. The van der Waals surface area contributed by atoms with Gasteiger partial charge in [-0.3, -0.25) is 4.79 Å². The summed E-state index contributed by atoms with van der Waals surface area (Å²) in [5, 5.41) is 14.5. The van der Waals surface area contributed by atoms with Gasteiger partial charge in [-0.1, -0.05) is 23.4 Å². The van der Waals surface area contributed by atoms with Crippen LogP contribution in [0.5, 0.6) is 0 Å². The zero-order valence-corrected chi connectivity index (χ0v) is 12.1. The molecule has 3 heterocycles. The average molecular weight is 298 g/mol. The van der Waals surface area contributed by atoms with Gasteiger partial charge < -0.3 is 5.32 Å². The summed E-state index contributed by atoms with van der Waals surface area (Å²) in [7, 11) is 0. The summed E-state index contributed by atoms with van der Waals surface area (Å²) in [5.74, 6) is 0.0251. The van der Waals surface area contributed by atoms with Crippen LogP contribution in [0, 0.1) is 0 Å². The third kappa shape index (κ3) is 2.26. The highest BCUT2D eigenvalue weighted by atomic mass is 32.1. The van der Waals surface area contributed by atoms with Crippen molar-refractivity contribution in [1.29, 1.82) is 0 Å². The molecular formula is C15H14N4OS. The van der Waals surface area contributed by atoms with Crippen molar-refractivity contribution >= 4 is 27.2 Å². The molecule has 1 aromatic carbocycles. The average Bonchev–Trinajstić information content (AvgIpc) is 3.05. The van der Waals surface area contributed by atoms with E-state index in [-0.39, 0.29) is 5.78 Å². The van der Waals surface area contributed by atoms with E-state index in [0.29, 0.717) is 18.2 Å². The predicted octanol–water partition coefficient (Wildman–Crippen LogP) is 2.06. The van der Waals surface area contributed by atoms with E-state index < -0.39 is 0 Å². The highest BCUT2D eigenvalue weighted by Crippen LogP contribution is 2.26. The molecule has 5 nitrogen and oxygen atoms in total. The van der Waals surface area contributed by atoms with Crippen molar-refractivity contribution in [3.63, 3.8) is 0 Å². The molecule has 0 amide bonds. The van der Waals surface area contributed by atoms with Crippen LogP contribution in [-0.2, 0) is 6.42 Å². The highest BCUT2D eigenvalue weighted by molar-refractivity contribution is 7.17. The molecule has 4 rings (SSSR count). The maximum Gasteiger partial charge on any atom is 0.189 e. The number of nitrogens with zero attached hydrogens (tertiary/aromatic N) is 3. The van der Waals surface area contributed by atoms with E-state index in [0.717, 1.165) is 24.0 Å². The normalized spacial score (nSPS) is 15.2. The third-order valence-electron chi connectivity index (χ3n) is 3.84. The molecule has 0 bridgehead atoms. The second-order valence-electron chi connectivity index (χ2n) is 5.25. The smallest absolute Gasteiger partial charge is 0.189 e. The second kappa shape index (κ2) is 5.05. The minimum atomic E-state index is 0.0251. The lowest BCUT2D eigenvalue weighted by Crippen LogP contribution is -2.43. The summed E-state index contributed by atoms with van der Waals surface area (Å²) < 4.78 is 3.00. The molecule has 0 aliphatic carbocycles. The van der Waals surface area contributed by atoms with Crippen LogP contribution in [0.1, 0.15) is 22.1 Å². The first-order chi connectivity index (χ1) is 10.3. The minimum absolute atomic E-state index is 0.0251. The summed E-state index contributed by atoms with van der Waals surface area (Å²) >= 11 is 1.67. The molecule has 6 heteroatoms. The Morgan fingerprint density at radius 1 is 1.38 bits per heavy atom. The van der Waals surface area contributed by atoms with E-state index in [2.05, 4.69) is 33.1 Å². The summed E-state index contributed by atoms with van der Waals surface area (Å²) in [4.78, 5) is 12.4. The molecule has 1 aliphatic heterocycles. The number of aromatic nitrogens is 3. The quantitative estimate of drug-likeness (QED) is 0.749. The fourth-order valence-corrected chi connectivity index (χ4v) is 3.44. The highest BCUT2D eigenvalue weighted by Gasteiger charge is 2.22. The van der Waals surface area contributed by atoms with Gasteiger partial charge in [-0.2, -0.15) is 0 Å². The van der Waals surface area contributed by atoms with E-state index in [1.165, 1.54) is 4.70 Å². The number of Topliss-reactive ketones (excluding diaryl/α,β-unsaturated/α-hetero) is 1. The Bertz CT molecular complexity index is 803. The van der Waals surface area contributed by atoms with E-state index in [4.69, 9.17) is 0 Å². The fraction of sp³-hybridized carbons (Fsp3) is 0.267. The summed E-state index contributed by atoms with van der Waals surface area (Å²) in [6, 6.07) is 8.49. The predicted molar refractivity (Wildman–Crippen MR) is 81.8 cm³/mol. The first kappa shape index (κ1) is 12.7. The Balaban J connectivity index is 1.56. The van der Waals surface area contributed by atoms with Crippen LogP contribution in [0.3, 0.4) is 0 Å². The molecular weight excluding hydrogens is 284 g/mol. The lowest BCUT2D eigenvalue weighted by Gasteiger charge is -2.26. The fourth-order valence-electron chi connectivity index (χ4n) is 2.48. The number of fused-ring (bicyclic) bond motifs is 1. The van der Waals surface area contributed by atoms with Crippen molar-refractivity contribution in [3.05, 3.63) is 47.1 Å². The molecule has 0 saturated carbocycles. The first-order valence-corrected chi connectivity index (χ1v) is 7.80. The summed E-state index contributed by atoms with van der Waals surface area (Å²) in [6.45, 7) is 1.79. The molecule has 1 fully saturated rings. The van der Waals surface area contributed by atoms with Gasteiger partial charge in [-0.25, -0.2) is 4.68 Å². The Labute approximate surface area is 125 Å². The number of carbonyl (C=O) groups excluding carboxylic acids is 1. The number of thiophene rings is 1. The van der Waals surface area contributed by atoms with E-state index >= 15 is 0 Å². The molecule has 0 spiro atoms. The van der Waals surface area contributed by atoms with Gasteiger partial charge in [0.05, 0.1) is 12.2 Å². The minimum Gasteiger partial charge on any atom is -0.312 e. The standard InChI is InChI=1S/C15H14N4OS/c20-14(13-8-19(18-17-13)11-6-16-7-11)5-10-9-21-15-4-2-1-3-12(10)15/h1-4,8-9,11,16H,5-7H2. The van der Waals surface area contributed by atoms with Crippen LogP contribution >= 0.6 is 11.3 Å². The van der Waals surface area contributed by atoms with Crippen LogP contribution in [0.25, 0.3) is 10.1 Å². The van der Waals surface area contributed by atoms with E-state index in [1.54, 1.807) is 22.2 Å². The molecule has 1 aliphatic rings. The van der Waals surface area contributed by atoms with Crippen LogP contribution in [0.15, 0.2) is 35.8 Å². The van der Waals surface area contributed by atoms with Crippen molar-refractivity contribution in [2.45, 2.75) is 12.5 Å². The van der Waals surface area contributed by atoms with Crippen molar-refractivity contribution in [1.82, 2.24) is 20.3 Å². The molecule has 2 aromatic heterocycles. The maximum atomic E-state index is 12.4. The molecule has 0 atom stereocenters. The number of benzene rings is 1. The summed E-state index contributed by atoms with van der Waals surface area (Å²) in [6.07, 6.45) is 2.15. The van der Waals surface area contributed by atoms with Crippen molar-refractivity contribution < 1.29 is 4.79 Å². The van der Waals surface area contributed by atoms with Gasteiger partial charge >= 0.3 is 0 Å². The Kier molecular flexibility index (Phi) is 3.05. The van der Waals surface area contributed by atoms with Crippen molar-refractivity contribution in [2.24, 2.45) is 0 Å². The number of carbonyl (C=O) groups is 1. The van der Waals surface area contributed by atoms with E-state index in [9.17, 15) is 4.79 Å². The van der Waals surface area contributed by atoms with Crippen molar-refractivity contribution in [2.75, 3.05) is 13.1 Å². The van der Waals surface area contributed by atoms with Gasteiger partial charge in [0.1, 0.15) is 5.69 Å². The molecule has 1 saturated heterocycles. The Hall–Kier alpha value is -2.05. The Morgan fingerprint density at radius 3 is 3.05 bits per heavy atom. The van der Waals surface area contributed by atoms with Gasteiger partial charge in [0, 0.05) is 24.2 Å². The van der Waals surface area contributed by atoms with Crippen LogP contribution in [-0.4, -0.2) is 33.9 Å². The van der Waals surface area contributed by atoms with Crippen molar-refractivity contribution in [3.8, 4) is 0 Å². The number of hydrogen-bond acceptors (Lipinski definition) is 5. The van der Waals surface area contributed by atoms with E-state index in [1.807, 2.05) is 12.1 Å². The number of ketones is 1. The first-order valence-electron chi connectivity index (χ1n) is 6.92. The summed E-state index contributed by atoms with van der Waals surface area (Å²) in [5.41, 5.74) is 1.53. The second-order valence-corrected chi connectivity index (χ2v) is 6.16. The number of hydrogen-bond donors (Lipinski definition) is 1. The molecule has 1 N–H and O–H groups in total. The molecule has 3 aromatic rings. The van der Waals surface area contributed by atoms with Gasteiger partial charge in [0.2, 0.25) is 0 Å². The monoisotopic (exact) mass is 298 g/mol. The zero-order chi connectivity index (χ0) is 14.2. The van der Waals surface area contributed by atoms with Gasteiger partial charge in [-0.05, 0) is 22.4 Å².